The molecule has 0 bridgehead atoms. The Kier molecular flexibility index (Phi) is 5.94. The minimum Gasteiger partial charge on any atom is -0.263 e. The number of nitrogens with one attached hydrogen (secondary N) is 2. The number of halogens is 1. The van der Waals surface area contributed by atoms with Gasteiger partial charge in [0.1, 0.15) is 5.82 Å². The van der Waals surface area contributed by atoms with Crippen molar-refractivity contribution < 1.29 is 8.42 Å². The van der Waals surface area contributed by atoms with Gasteiger partial charge in [-0.05, 0) is 47.9 Å². The van der Waals surface area contributed by atoms with Crippen LogP contribution in [-0.4, -0.2) is 30.1 Å². The molecule has 2 N–H and O–H groups in total. The van der Waals surface area contributed by atoms with Gasteiger partial charge in [-0.2, -0.15) is 5.10 Å². The SMILES string of the molecule is CC(C)c1ccc(S(=O)(=O)NCCc2nc(-c3ccc(Cl)cc3)n[nH]2)cc1. The first kappa shape index (κ1) is 19.5. The van der Waals surface area contributed by atoms with Crippen molar-refractivity contribution in [2.24, 2.45) is 0 Å². The van der Waals surface area contributed by atoms with Crippen molar-refractivity contribution >= 4 is 21.6 Å². The standard InChI is InChI=1S/C19H21ClN4O2S/c1-13(2)14-5-9-17(10-6-14)27(25,26)21-12-11-18-22-19(24-23-18)15-3-7-16(20)8-4-15/h3-10,13,21H,11-12H2,1-2H3,(H,22,23,24). The van der Waals surface area contributed by atoms with E-state index in [4.69, 9.17) is 11.6 Å². The summed E-state index contributed by atoms with van der Waals surface area (Å²) < 4.78 is 27.4. The van der Waals surface area contributed by atoms with Crippen LogP contribution >= 0.6 is 11.6 Å². The summed E-state index contributed by atoms with van der Waals surface area (Å²) >= 11 is 5.88. The van der Waals surface area contributed by atoms with Crippen LogP contribution in [0.25, 0.3) is 11.4 Å². The Morgan fingerprint density at radius 3 is 2.37 bits per heavy atom. The van der Waals surface area contributed by atoms with E-state index in [-0.39, 0.29) is 11.4 Å². The van der Waals surface area contributed by atoms with E-state index in [1.54, 1.807) is 24.3 Å². The monoisotopic (exact) mass is 404 g/mol. The van der Waals surface area contributed by atoms with Gasteiger partial charge in [0.25, 0.3) is 0 Å². The van der Waals surface area contributed by atoms with Crippen LogP contribution in [0.4, 0.5) is 0 Å². The molecule has 8 heteroatoms. The fourth-order valence-corrected chi connectivity index (χ4v) is 3.71. The quantitative estimate of drug-likeness (QED) is 0.627. The van der Waals surface area contributed by atoms with Gasteiger partial charge in [0.2, 0.25) is 10.0 Å². The minimum absolute atomic E-state index is 0.226. The first-order chi connectivity index (χ1) is 12.8. The van der Waals surface area contributed by atoms with E-state index in [1.807, 2.05) is 24.3 Å². The molecule has 0 saturated carbocycles. The molecule has 0 spiro atoms. The highest BCUT2D eigenvalue weighted by atomic mass is 35.5. The van der Waals surface area contributed by atoms with Crippen molar-refractivity contribution in [3.63, 3.8) is 0 Å². The van der Waals surface area contributed by atoms with Gasteiger partial charge >= 0.3 is 0 Å². The normalized spacial score (nSPS) is 11.9. The van der Waals surface area contributed by atoms with Gasteiger partial charge in [-0.1, -0.05) is 37.6 Å². The van der Waals surface area contributed by atoms with E-state index >= 15 is 0 Å². The average molecular weight is 405 g/mol. The Morgan fingerprint density at radius 1 is 1.07 bits per heavy atom. The zero-order chi connectivity index (χ0) is 19.4. The fourth-order valence-electron chi connectivity index (χ4n) is 2.55. The zero-order valence-electron chi connectivity index (χ0n) is 15.1. The summed E-state index contributed by atoms with van der Waals surface area (Å²) in [5.74, 6) is 1.52. The van der Waals surface area contributed by atoms with Crippen LogP contribution in [-0.2, 0) is 16.4 Å². The molecular formula is C19H21ClN4O2S. The van der Waals surface area contributed by atoms with Crippen molar-refractivity contribution in [2.75, 3.05) is 6.54 Å². The smallest absolute Gasteiger partial charge is 0.240 e. The summed E-state index contributed by atoms with van der Waals surface area (Å²) in [7, 11) is -3.55. The molecule has 0 fully saturated rings. The van der Waals surface area contributed by atoms with Gasteiger partial charge in [0.05, 0.1) is 4.90 Å². The number of nitrogens with zero attached hydrogens (tertiary/aromatic N) is 2. The number of H-pyrrole nitrogens is 1. The summed E-state index contributed by atoms with van der Waals surface area (Å²) in [6, 6.07) is 14.1. The molecule has 0 saturated heterocycles. The van der Waals surface area contributed by atoms with Crippen molar-refractivity contribution in [3.05, 3.63) is 64.9 Å². The Morgan fingerprint density at radius 2 is 1.74 bits per heavy atom. The van der Waals surface area contributed by atoms with E-state index in [0.717, 1.165) is 11.1 Å². The van der Waals surface area contributed by atoms with Crippen LogP contribution in [0.2, 0.25) is 5.02 Å². The van der Waals surface area contributed by atoms with Gasteiger partial charge in [-0.3, -0.25) is 5.10 Å². The lowest BCUT2D eigenvalue weighted by molar-refractivity contribution is 0.581. The second-order valence-corrected chi connectivity index (χ2v) is 8.69. The lowest BCUT2D eigenvalue weighted by Gasteiger charge is -2.08. The topological polar surface area (TPSA) is 87.7 Å². The van der Waals surface area contributed by atoms with E-state index in [1.165, 1.54) is 0 Å². The van der Waals surface area contributed by atoms with Crippen molar-refractivity contribution in [2.45, 2.75) is 31.1 Å². The fraction of sp³-hybridized carbons (Fsp3) is 0.263. The van der Waals surface area contributed by atoms with E-state index in [2.05, 4.69) is 33.8 Å². The Hall–Kier alpha value is -2.22. The molecule has 0 aliphatic carbocycles. The van der Waals surface area contributed by atoms with E-state index in [0.29, 0.717) is 29.0 Å². The van der Waals surface area contributed by atoms with Gasteiger partial charge in [-0.25, -0.2) is 18.1 Å². The van der Waals surface area contributed by atoms with Crippen molar-refractivity contribution in [1.29, 1.82) is 0 Å². The highest BCUT2D eigenvalue weighted by Gasteiger charge is 2.14. The molecule has 0 unspecified atom stereocenters. The van der Waals surface area contributed by atoms with Gasteiger partial charge in [0, 0.05) is 23.6 Å². The minimum atomic E-state index is -3.55. The number of hydrogen-bond acceptors (Lipinski definition) is 4. The predicted octanol–water partition coefficient (Wildman–Crippen LogP) is 3.77. The second kappa shape index (κ2) is 8.21. The molecule has 0 amide bonds. The summed E-state index contributed by atoms with van der Waals surface area (Å²) in [6.45, 7) is 4.36. The molecule has 142 valence electrons. The lowest BCUT2D eigenvalue weighted by Crippen LogP contribution is -2.26. The highest BCUT2D eigenvalue weighted by molar-refractivity contribution is 7.89. The molecule has 6 nitrogen and oxygen atoms in total. The Balaban J connectivity index is 1.60. The summed E-state index contributed by atoms with van der Waals surface area (Å²) in [4.78, 5) is 4.64. The first-order valence-corrected chi connectivity index (χ1v) is 10.5. The van der Waals surface area contributed by atoms with Gasteiger partial charge in [0.15, 0.2) is 5.82 Å². The van der Waals surface area contributed by atoms with Crippen molar-refractivity contribution in [1.82, 2.24) is 19.9 Å². The lowest BCUT2D eigenvalue weighted by atomic mass is 10.0. The zero-order valence-corrected chi connectivity index (χ0v) is 16.7. The Bertz CT molecular complexity index is 997. The molecule has 0 radical (unpaired) electrons. The number of rotatable bonds is 7. The molecule has 0 aliphatic rings. The molecule has 27 heavy (non-hydrogen) atoms. The number of aromatic nitrogens is 3. The summed E-state index contributed by atoms with van der Waals surface area (Å²) in [5, 5.41) is 7.64. The average Bonchev–Trinajstić information content (AvgIpc) is 3.11. The van der Waals surface area contributed by atoms with Crippen LogP contribution in [0.1, 0.15) is 31.2 Å². The maximum Gasteiger partial charge on any atom is 0.240 e. The molecular weight excluding hydrogens is 384 g/mol. The summed E-state index contributed by atoms with van der Waals surface area (Å²) in [5.41, 5.74) is 1.94. The molecule has 1 aromatic heterocycles. The number of sulfonamides is 1. The van der Waals surface area contributed by atoms with Crippen LogP contribution in [0, 0.1) is 0 Å². The number of aromatic amines is 1. The molecule has 0 aliphatic heterocycles. The molecule has 3 rings (SSSR count). The molecule has 0 atom stereocenters. The first-order valence-electron chi connectivity index (χ1n) is 8.62. The third-order valence-electron chi connectivity index (χ3n) is 4.15. The number of benzene rings is 2. The maximum atomic E-state index is 12.4. The van der Waals surface area contributed by atoms with E-state index in [9.17, 15) is 8.42 Å². The summed E-state index contributed by atoms with van der Waals surface area (Å²) in [6.07, 6.45) is 0.407. The largest absolute Gasteiger partial charge is 0.263 e. The predicted molar refractivity (Wildman–Crippen MR) is 106 cm³/mol. The van der Waals surface area contributed by atoms with Crippen LogP contribution in [0.3, 0.4) is 0 Å². The van der Waals surface area contributed by atoms with Gasteiger partial charge < -0.3 is 0 Å². The molecule has 3 aromatic rings. The molecule has 1 heterocycles. The van der Waals surface area contributed by atoms with Crippen LogP contribution in [0.5, 0.6) is 0 Å². The van der Waals surface area contributed by atoms with Crippen LogP contribution < -0.4 is 4.72 Å². The van der Waals surface area contributed by atoms with Gasteiger partial charge in [-0.15, -0.1) is 0 Å². The third-order valence-corrected chi connectivity index (χ3v) is 5.87. The maximum absolute atomic E-state index is 12.4. The molecule has 2 aromatic carbocycles. The van der Waals surface area contributed by atoms with Crippen LogP contribution in [0.15, 0.2) is 53.4 Å². The second-order valence-electron chi connectivity index (χ2n) is 6.48. The Labute approximate surface area is 164 Å². The van der Waals surface area contributed by atoms with Crippen molar-refractivity contribution in [3.8, 4) is 11.4 Å². The highest BCUT2D eigenvalue weighted by Crippen LogP contribution is 2.18. The number of hydrogen-bond donors (Lipinski definition) is 2. The third kappa shape index (κ3) is 4.94. The van der Waals surface area contributed by atoms with E-state index < -0.39 is 10.0 Å².